The van der Waals surface area contributed by atoms with E-state index >= 15 is 0 Å². The van der Waals surface area contributed by atoms with Gasteiger partial charge in [-0.05, 0) is 6.92 Å². The molecule has 0 aliphatic heterocycles. The molecule has 0 bridgehead atoms. The van der Waals surface area contributed by atoms with Crippen LogP contribution < -0.4 is 0 Å². The van der Waals surface area contributed by atoms with Crippen molar-refractivity contribution in [3.8, 4) is 0 Å². The summed E-state index contributed by atoms with van der Waals surface area (Å²) in [4.78, 5) is 4.25. The zero-order chi connectivity index (χ0) is 8.65. The first kappa shape index (κ1) is 8.31. The minimum atomic E-state index is 0.204. The van der Waals surface area contributed by atoms with E-state index in [1.807, 2.05) is 13.4 Å². The SMILES string of the molecule is Cc1ncn(C)c1C(C)(C)C. The second-order valence-corrected chi connectivity index (χ2v) is 4.04. The second kappa shape index (κ2) is 2.36. The van der Waals surface area contributed by atoms with Crippen molar-refractivity contribution in [1.29, 1.82) is 0 Å². The normalized spacial score (nSPS) is 12.1. The lowest BCUT2D eigenvalue weighted by atomic mass is 9.91. The highest BCUT2D eigenvalue weighted by molar-refractivity contribution is 5.19. The smallest absolute Gasteiger partial charge is 0.0949 e. The molecular formula is C9H16N2. The van der Waals surface area contributed by atoms with Crippen LogP contribution in [0.1, 0.15) is 32.2 Å². The Balaban J connectivity index is 3.21. The van der Waals surface area contributed by atoms with Gasteiger partial charge in [0.1, 0.15) is 0 Å². The van der Waals surface area contributed by atoms with Crippen LogP contribution in [-0.4, -0.2) is 9.55 Å². The van der Waals surface area contributed by atoms with Crippen molar-refractivity contribution in [1.82, 2.24) is 9.55 Å². The molecule has 0 saturated carbocycles. The summed E-state index contributed by atoms with van der Waals surface area (Å²) >= 11 is 0. The third-order valence-corrected chi connectivity index (χ3v) is 1.83. The highest BCUT2D eigenvalue weighted by Crippen LogP contribution is 2.23. The molecule has 1 heterocycles. The van der Waals surface area contributed by atoms with Gasteiger partial charge in [-0.3, -0.25) is 0 Å². The van der Waals surface area contributed by atoms with E-state index in [1.54, 1.807) is 0 Å². The first-order valence-corrected chi connectivity index (χ1v) is 3.91. The number of hydrogen-bond acceptors (Lipinski definition) is 1. The molecule has 0 amide bonds. The predicted octanol–water partition coefficient (Wildman–Crippen LogP) is 2.03. The second-order valence-electron chi connectivity index (χ2n) is 4.04. The minimum Gasteiger partial charge on any atom is -0.337 e. The fourth-order valence-electron chi connectivity index (χ4n) is 1.62. The van der Waals surface area contributed by atoms with Gasteiger partial charge < -0.3 is 4.57 Å². The number of hydrogen-bond donors (Lipinski definition) is 0. The van der Waals surface area contributed by atoms with E-state index in [9.17, 15) is 0 Å². The van der Waals surface area contributed by atoms with E-state index in [0.717, 1.165) is 5.69 Å². The van der Waals surface area contributed by atoms with E-state index in [-0.39, 0.29) is 5.41 Å². The molecule has 0 atom stereocenters. The van der Waals surface area contributed by atoms with E-state index in [1.165, 1.54) is 5.69 Å². The number of nitrogens with zero attached hydrogens (tertiary/aromatic N) is 2. The topological polar surface area (TPSA) is 17.8 Å². The number of aromatic nitrogens is 2. The molecule has 0 aliphatic carbocycles. The van der Waals surface area contributed by atoms with Gasteiger partial charge in [-0.2, -0.15) is 0 Å². The molecule has 0 aromatic carbocycles. The summed E-state index contributed by atoms with van der Waals surface area (Å²) in [5.74, 6) is 0. The third kappa shape index (κ3) is 1.44. The fraction of sp³-hybridized carbons (Fsp3) is 0.667. The highest BCUT2D eigenvalue weighted by atomic mass is 15.0. The predicted molar refractivity (Wildman–Crippen MR) is 46.6 cm³/mol. The Morgan fingerprint density at radius 2 is 1.91 bits per heavy atom. The fourth-order valence-corrected chi connectivity index (χ4v) is 1.62. The summed E-state index contributed by atoms with van der Waals surface area (Å²) in [5.41, 5.74) is 2.66. The molecule has 2 nitrogen and oxygen atoms in total. The average Bonchev–Trinajstić information content (AvgIpc) is 2.08. The van der Waals surface area contributed by atoms with Crippen LogP contribution in [0.3, 0.4) is 0 Å². The zero-order valence-corrected chi connectivity index (χ0v) is 7.97. The quantitative estimate of drug-likeness (QED) is 0.556. The van der Waals surface area contributed by atoms with Crippen LogP contribution in [0.15, 0.2) is 6.33 Å². The van der Waals surface area contributed by atoms with E-state index in [0.29, 0.717) is 0 Å². The van der Waals surface area contributed by atoms with Crippen molar-refractivity contribution in [3.05, 3.63) is 17.7 Å². The Bertz CT molecular complexity index is 234. The maximum absolute atomic E-state index is 4.25. The lowest BCUT2D eigenvalue weighted by Gasteiger charge is -2.19. The lowest BCUT2D eigenvalue weighted by molar-refractivity contribution is 0.539. The molecule has 0 fully saturated rings. The molecule has 0 radical (unpaired) electrons. The van der Waals surface area contributed by atoms with Gasteiger partial charge in [-0.25, -0.2) is 4.98 Å². The molecule has 0 unspecified atom stereocenters. The largest absolute Gasteiger partial charge is 0.337 e. The summed E-state index contributed by atoms with van der Waals surface area (Å²) in [6.45, 7) is 8.67. The van der Waals surface area contributed by atoms with Gasteiger partial charge >= 0.3 is 0 Å². The van der Waals surface area contributed by atoms with Crippen molar-refractivity contribution in [2.24, 2.45) is 7.05 Å². The highest BCUT2D eigenvalue weighted by Gasteiger charge is 2.19. The summed E-state index contributed by atoms with van der Waals surface area (Å²) in [6.07, 6.45) is 1.87. The van der Waals surface area contributed by atoms with Crippen molar-refractivity contribution in [2.75, 3.05) is 0 Å². The van der Waals surface area contributed by atoms with Gasteiger partial charge in [0.15, 0.2) is 0 Å². The first-order valence-electron chi connectivity index (χ1n) is 3.91. The van der Waals surface area contributed by atoms with Crippen LogP contribution in [0.5, 0.6) is 0 Å². The molecule has 11 heavy (non-hydrogen) atoms. The minimum absolute atomic E-state index is 0.204. The van der Waals surface area contributed by atoms with Gasteiger partial charge in [0, 0.05) is 18.2 Å². The Morgan fingerprint density at radius 1 is 1.36 bits per heavy atom. The molecule has 62 valence electrons. The molecule has 1 aromatic rings. The third-order valence-electron chi connectivity index (χ3n) is 1.83. The monoisotopic (exact) mass is 152 g/mol. The van der Waals surface area contributed by atoms with Crippen LogP contribution >= 0.6 is 0 Å². The van der Waals surface area contributed by atoms with E-state index in [2.05, 4.69) is 37.2 Å². The molecule has 0 saturated heterocycles. The summed E-state index contributed by atoms with van der Waals surface area (Å²) in [6, 6.07) is 0. The van der Waals surface area contributed by atoms with Crippen molar-refractivity contribution < 1.29 is 0 Å². The van der Waals surface area contributed by atoms with E-state index in [4.69, 9.17) is 0 Å². The molecule has 0 spiro atoms. The van der Waals surface area contributed by atoms with Gasteiger partial charge in [0.2, 0.25) is 0 Å². The van der Waals surface area contributed by atoms with Gasteiger partial charge in [0.25, 0.3) is 0 Å². The Labute approximate surface area is 68.3 Å². The molecule has 1 aromatic heterocycles. The van der Waals surface area contributed by atoms with Crippen LogP contribution in [-0.2, 0) is 12.5 Å². The number of aryl methyl sites for hydroxylation is 2. The Hall–Kier alpha value is -0.790. The zero-order valence-electron chi connectivity index (χ0n) is 7.97. The van der Waals surface area contributed by atoms with Crippen LogP contribution in [0, 0.1) is 6.92 Å². The summed E-state index contributed by atoms with van der Waals surface area (Å²) in [7, 11) is 2.04. The Morgan fingerprint density at radius 3 is 2.09 bits per heavy atom. The van der Waals surface area contributed by atoms with Crippen molar-refractivity contribution in [3.63, 3.8) is 0 Å². The van der Waals surface area contributed by atoms with Crippen LogP contribution in [0.2, 0.25) is 0 Å². The molecule has 1 rings (SSSR count). The van der Waals surface area contributed by atoms with Crippen molar-refractivity contribution >= 4 is 0 Å². The van der Waals surface area contributed by atoms with Gasteiger partial charge in [-0.15, -0.1) is 0 Å². The van der Waals surface area contributed by atoms with Gasteiger partial charge in [0.05, 0.1) is 12.0 Å². The maximum atomic E-state index is 4.25. The van der Waals surface area contributed by atoms with Crippen molar-refractivity contribution in [2.45, 2.75) is 33.1 Å². The van der Waals surface area contributed by atoms with E-state index < -0.39 is 0 Å². The Kier molecular flexibility index (Phi) is 1.78. The molecular weight excluding hydrogens is 136 g/mol. The van der Waals surface area contributed by atoms with Gasteiger partial charge in [-0.1, -0.05) is 20.8 Å². The number of imidazole rings is 1. The molecule has 2 heteroatoms. The molecule has 0 N–H and O–H groups in total. The average molecular weight is 152 g/mol. The molecule has 0 aliphatic rings. The summed E-state index contributed by atoms with van der Waals surface area (Å²) < 4.78 is 2.09. The maximum Gasteiger partial charge on any atom is 0.0949 e. The summed E-state index contributed by atoms with van der Waals surface area (Å²) in [5, 5.41) is 0. The van der Waals surface area contributed by atoms with Crippen LogP contribution in [0.25, 0.3) is 0 Å². The van der Waals surface area contributed by atoms with Crippen LogP contribution in [0.4, 0.5) is 0 Å². The standard InChI is InChI=1S/C9H16N2/c1-7-8(9(2,3)4)11(5)6-10-7/h6H,1-5H3. The number of rotatable bonds is 0. The first-order chi connectivity index (χ1) is 4.93. The lowest BCUT2D eigenvalue weighted by Crippen LogP contribution is -2.16.